The number of halogens is 1. The zero-order valence-corrected chi connectivity index (χ0v) is 14.7. The van der Waals surface area contributed by atoms with Crippen molar-refractivity contribution in [2.45, 2.75) is 12.1 Å². The molecule has 5 nitrogen and oxygen atoms in total. The van der Waals surface area contributed by atoms with Gasteiger partial charge in [0.2, 0.25) is 0 Å². The summed E-state index contributed by atoms with van der Waals surface area (Å²) in [5, 5.41) is 15.2. The average Bonchev–Trinajstić information content (AvgIpc) is 2.64. The lowest BCUT2D eigenvalue weighted by molar-refractivity contribution is 0.0617. The summed E-state index contributed by atoms with van der Waals surface area (Å²) in [6.07, 6.45) is 2.63. The van der Waals surface area contributed by atoms with Gasteiger partial charge in [-0.15, -0.1) is 0 Å². The van der Waals surface area contributed by atoms with Gasteiger partial charge in [-0.25, -0.2) is 0 Å². The number of rotatable bonds is 2. The molecule has 0 spiro atoms. The van der Waals surface area contributed by atoms with E-state index in [0.29, 0.717) is 16.9 Å². The topological polar surface area (TPSA) is 71.5 Å². The Labute approximate surface area is 152 Å². The zero-order chi connectivity index (χ0) is 17.4. The number of carbonyl (C=O) groups is 1. The maximum atomic E-state index is 12.6. The number of hydrogen-bond donors (Lipinski definition) is 2. The van der Waals surface area contributed by atoms with Crippen LogP contribution in [0.5, 0.6) is 5.75 Å². The number of amides is 1. The van der Waals surface area contributed by atoms with Gasteiger partial charge in [0.25, 0.3) is 5.91 Å². The highest BCUT2D eigenvalue weighted by atomic mass is 79.9. The fraction of sp³-hybridized carbons (Fsp3) is 0.158. The summed E-state index contributed by atoms with van der Waals surface area (Å²) in [5.41, 5.74) is 1.20. The molecule has 2 heterocycles. The first-order valence-electron chi connectivity index (χ1n) is 7.87. The Balaban J connectivity index is 1.56. The molecule has 4 rings (SSSR count). The first-order valence-corrected chi connectivity index (χ1v) is 8.67. The Kier molecular flexibility index (Phi) is 4.15. The largest absolute Gasteiger partial charge is 0.491 e. The van der Waals surface area contributed by atoms with Crippen LogP contribution in [-0.4, -0.2) is 28.6 Å². The highest BCUT2D eigenvalue weighted by Gasteiger charge is 2.30. The number of ether oxygens (including phenoxy) is 1. The van der Waals surface area contributed by atoms with E-state index in [1.165, 1.54) is 0 Å². The molecular formula is C19H15BrN2O3. The standard InChI is InChI=1S/C19H15BrN2O3/c20-15-9-21-8-12-7-11(5-6-13(12)15)19(24)22-16-10-25-17-4-2-1-3-14(17)18(16)23/h1-9,16,18,23H,10H2,(H,22,24). The molecule has 2 unspecified atom stereocenters. The second kappa shape index (κ2) is 6.46. The van der Waals surface area contributed by atoms with Crippen molar-refractivity contribution in [2.24, 2.45) is 0 Å². The highest BCUT2D eigenvalue weighted by molar-refractivity contribution is 9.10. The van der Waals surface area contributed by atoms with Gasteiger partial charge in [0.15, 0.2) is 0 Å². The summed E-state index contributed by atoms with van der Waals surface area (Å²) in [5.74, 6) is 0.399. The molecule has 25 heavy (non-hydrogen) atoms. The van der Waals surface area contributed by atoms with E-state index in [4.69, 9.17) is 4.74 Å². The Hall–Kier alpha value is -2.44. The van der Waals surface area contributed by atoms with Gasteiger partial charge < -0.3 is 15.2 Å². The van der Waals surface area contributed by atoms with Crippen molar-refractivity contribution in [3.63, 3.8) is 0 Å². The Morgan fingerprint density at radius 1 is 1.24 bits per heavy atom. The third-order valence-electron chi connectivity index (χ3n) is 4.33. The number of hydrogen-bond acceptors (Lipinski definition) is 4. The van der Waals surface area contributed by atoms with Crippen molar-refractivity contribution >= 4 is 32.6 Å². The molecule has 126 valence electrons. The highest BCUT2D eigenvalue weighted by Crippen LogP contribution is 2.32. The molecule has 0 radical (unpaired) electrons. The van der Waals surface area contributed by atoms with E-state index in [2.05, 4.69) is 26.2 Å². The van der Waals surface area contributed by atoms with Crippen LogP contribution in [0.15, 0.2) is 59.3 Å². The number of aliphatic hydroxyl groups excluding tert-OH is 1. The third-order valence-corrected chi connectivity index (χ3v) is 4.96. The van der Waals surface area contributed by atoms with Crippen LogP contribution in [-0.2, 0) is 0 Å². The molecule has 1 aliphatic rings. The van der Waals surface area contributed by atoms with Gasteiger partial charge in [0, 0.05) is 33.4 Å². The van der Waals surface area contributed by atoms with Crippen LogP contribution in [0.1, 0.15) is 22.0 Å². The lowest BCUT2D eigenvalue weighted by Crippen LogP contribution is -2.45. The van der Waals surface area contributed by atoms with Crippen LogP contribution in [0.25, 0.3) is 10.8 Å². The number of nitrogens with zero attached hydrogens (tertiary/aromatic N) is 1. The molecule has 2 atom stereocenters. The minimum atomic E-state index is -0.801. The van der Waals surface area contributed by atoms with Gasteiger partial charge in [-0.3, -0.25) is 9.78 Å². The van der Waals surface area contributed by atoms with Crippen LogP contribution < -0.4 is 10.1 Å². The maximum absolute atomic E-state index is 12.6. The Morgan fingerprint density at radius 3 is 2.96 bits per heavy atom. The number of para-hydroxylation sites is 1. The predicted molar refractivity (Wildman–Crippen MR) is 97.6 cm³/mol. The molecular weight excluding hydrogens is 384 g/mol. The maximum Gasteiger partial charge on any atom is 0.251 e. The smallest absolute Gasteiger partial charge is 0.251 e. The first-order chi connectivity index (χ1) is 12.1. The SMILES string of the molecule is O=C(NC1COc2ccccc2C1O)c1ccc2c(Br)cncc2c1. The molecule has 6 heteroatoms. The fourth-order valence-corrected chi connectivity index (χ4v) is 3.48. The van der Waals surface area contributed by atoms with E-state index in [-0.39, 0.29) is 12.5 Å². The van der Waals surface area contributed by atoms with E-state index < -0.39 is 12.1 Å². The van der Waals surface area contributed by atoms with Crippen LogP contribution in [0.3, 0.4) is 0 Å². The summed E-state index contributed by atoms with van der Waals surface area (Å²) < 4.78 is 6.52. The molecule has 0 bridgehead atoms. The van der Waals surface area contributed by atoms with Crippen molar-refractivity contribution in [1.82, 2.24) is 10.3 Å². The molecule has 0 saturated heterocycles. The Morgan fingerprint density at radius 2 is 2.08 bits per heavy atom. The third kappa shape index (κ3) is 2.99. The summed E-state index contributed by atoms with van der Waals surface area (Å²) in [7, 11) is 0. The molecule has 3 aromatic rings. The average molecular weight is 399 g/mol. The molecule has 0 aliphatic carbocycles. The Bertz CT molecular complexity index is 960. The van der Waals surface area contributed by atoms with Crippen molar-refractivity contribution < 1.29 is 14.6 Å². The minimum Gasteiger partial charge on any atom is -0.491 e. The number of pyridine rings is 1. The molecule has 2 N–H and O–H groups in total. The summed E-state index contributed by atoms with van der Waals surface area (Å²) in [6.45, 7) is 0.227. The summed E-state index contributed by atoms with van der Waals surface area (Å²) in [6, 6.07) is 12.2. The van der Waals surface area contributed by atoms with E-state index in [9.17, 15) is 9.90 Å². The summed E-state index contributed by atoms with van der Waals surface area (Å²) in [4.78, 5) is 16.7. The molecule has 2 aromatic carbocycles. The number of carbonyl (C=O) groups excluding carboxylic acids is 1. The van der Waals surface area contributed by atoms with E-state index in [0.717, 1.165) is 15.2 Å². The lowest BCUT2D eigenvalue weighted by Gasteiger charge is -2.30. The molecule has 1 aliphatic heterocycles. The second-order valence-corrected chi connectivity index (χ2v) is 6.79. The summed E-state index contributed by atoms with van der Waals surface area (Å²) >= 11 is 3.45. The van der Waals surface area contributed by atoms with Crippen LogP contribution in [0.4, 0.5) is 0 Å². The van der Waals surface area contributed by atoms with Gasteiger partial charge in [0.1, 0.15) is 18.5 Å². The fourth-order valence-electron chi connectivity index (χ4n) is 3.00. The van der Waals surface area contributed by atoms with Crippen molar-refractivity contribution in [2.75, 3.05) is 6.61 Å². The van der Waals surface area contributed by atoms with Gasteiger partial charge >= 0.3 is 0 Å². The zero-order valence-electron chi connectivity index (χ0n) is 13.1. The van der Waals surface area contributed by atoms with Crippen molar-refractivity contribution in [1.29, 1.82) is 0 Å². The number of aliphatic hydroxyl groups is 1. The van der Waals surface area contributed by atoms with Gasteiger partial charge in [-0.05, 0) is 39.5 Å². The lowest BCUT2D eigenvalue weighted by atomic mass is 9.98. The van der Waals surface area contributed by atoms with Gasteiger partial charge in [-0.1, -0.05) is 24.3 Å². The molecule has 1 amide bonds. The molecule has 1 aromatic heterocycles. The van der Waals surface area contributed by atoms with Crippen LogP contribution in [0.2, 0.25) is 0 Å². The predicted octanol–water partition coefficient (Wildman–Crippen LogP) is 3.22. The van der Waals surface area contributed by atoms with E-state index in [1.807, 2.05) is 24.3 Å². The van der Waals surface area contributed by atoms with E-state index >= 15 is 0 Å². The number of fused-ring (bicyclic) bond motifs is 2. The van der Waals surface area contributed by atoms with Crippen molar-refractivity contribution in [3.8, 4) is 5.75 Å². The number of aromatic nitrogens is 1. The number of nitrogens with one attached hydrogen (secondary N) is 1. The minimum absolute atomic E-state index is 0.227. The van der Waals surface area contributed by atoms with Gasteiger partial charge in [-0.2, -0.15) is 0 Å². The van der Waals surface area contributed by atoms with E-state index in [1.54, 1.807) is 30.6 Å². The first kappa shape index (κ1) is 16.1. The quantitative estimate of drug-likeness (QED) is 0.694. The van der Waals surface area contributed by atoms with Crippen LogP contribution in [0, 0.1) is 0 Å². The van der Waals surface area contributed by atoms with Crippen molar-refractivity contribution in [3.05, 3.63) is 70.5 Å². The van der Waals surface area contributed by atoms with Crippen LogP contribution >= 0.6 is 15.9 Å². The second-order valence-electron chi connectivity index (χ2n) is 5.93. The molecule has 0 fully saturated rings. The van der Waals surface area contributed by atoms with Gasteiger partial charge in [0.05, 0.1) is 6.04 Å². The normalized spacial score (nSPS) is 19.1. The molecule has 0 saturated carbocycles. The number of benzene rings is 2. The monoisotopic (exact) mass is 398 g/mol.